The number of carbonyl (C=O) groups is 1. The van der Waals surface area contributed by atoms with Crippen molar-refractivity contribution in [3.8, 4) is 0 Å². The van der Waals surface area contributed by atoms with Crippen LogP contribution in [0.2, 0.25) is 0 Å². The molecule has 27 heavy (non-hydrogen) atoms. The topological polar surface area (TPSA) is 49.4 Å². The minimum atomic E-state index is -1.17. The zero-order valence-electron chi connectivity index (χ0n) is 14.7. The van der Waals surface area contributed by atoms with Gasteiger partial charge in [-0.2, -0.15) is 0 Å². The van der Waals surface area contributed by atoms with E-state index in [1.54, 1.807) is 12.1 Å². The summed E-state index contributed by atoms with van der Waals surface area (Å²) in [5, 5.41) is 11.1. The maximum atomic E-state index is 11.1. The summed E-state index contributed by atoms with van der Waals surface area (Å²) in [6.07, 6.45) is 1.38. The number of carboxylic acids is 1. The van der Waals surface area contributed by atoms with Gasteiger partial charge in [-0.05, 0) is 22.3 Å². The van der Waals surface area contributed by atoms with Crippen LogP contribution in [0.3, 0.4) is 0 Å². The molecule has 0 aliphatic rings. The molecule has 3 aromatic carbocycles. The van der Waals surface area contributed by atoms with Gasteiger partial charge in [0.1, 0.15) is 15.1 Å². The van der Waals surface area contributed by atoms with Crippen molar-refractivity contribution in [2.75, 3.05) is 0 Å². The monoisotopic (exact) mass is 471 g/mol. The zero-order valence-corrected chi connectivity index (χ0v) is 17.6. The second-order valence-corrected chi connectivity index (χ2v) is 6.62. The van der Waals surface area contributed by atoms with E-state index < -0.39 is 11.6 Å². The number of rotatable bonds is 7. The fourth-order valence-electron chi connectivity index (χ4n) is 3.21. The normalized spacial score (nSPS) is 11.0. The summed E-state index contributed by atoms with van der Waals surface area (Å²) >= 11 is 0. The van der Waals surface area contributed by atoms with Gasteiger partial charge in [0.05, 0.1) is 5.97 Å². The van der Waals surface area contributed by atoms with Crippen LogP contribution in [-0.2, 0) is 45.3 Å². The molecule has 0 aliphatic heterocycles. The molecule has 3 aromatic rings. The Kier molecular flexibility index (Phi) is 7.97. The third-order valence-corrected chi connectivity index (χ3v) is 5.14. The standard InChI is InChI=1S/C22H21O3P.Ag/c23-21(24)19-11-13-20(14-12-19)22(25-26,15-17-7-3-1-4-8-17)16-18-9-5-2-6-10-18;/h1-14H,15-16H2,26H3;/q;+1. The van der Waals surface area contributed by atoms with Crippen LogP contribution < -0.4 is 5.11 Å². The Bertz CT molecular complexity index is 810. The van der Waals surface area contributed by atoms with Gasteiger partial charge in [-0.1, -0.05) is 84.9 Å². The van der Waals surface area contributed by atoms with Gasteiger partial charge >= 0.3 is 22.4 Å². The first kappa shape index (κ1) is 21.6. The average Bonchev–Trinajstić information content (AvgIpc) is 2.69. The average molecular weight is 472 g/mol. The molecule has 0 saturated carbocycles. The number of hydrogen-bond acceptors (Lipinski definition) is 3. The van der Waals surface area contributed by atoms with Crippen molar-refractivity contribution in [3.63, 3.8) is 0 Å². The first-order valence-electron chi connectivity index (χ1n) is 8.46. The second kappa shape index (κ2) is 9.98. The Morgan fingerprint density at radius 3 is 1.63 bits per heavy atom. The van der Waals surface area contributed by atoms with Gasteiger partial charge in [-0.25, -0.2) is 4.52 Å². The Labute approximate surface area is 177 Å². The molecular weight excluding hydrogens is 451 g/mol. The van der Waals surface area contributed by atoms with Gasteiger partial charge in [0, 0.05) is 12.8 Å². The number of aromatic carboxylic acids is 1. The van der Waals surface area contributed by atoms with Gasteiger partial charge in [0.15, 0.2) is 0 Å². The van der Waals surface area contributed by atoms with Gasteiger partial charge in [0.25, 0.3) is 0 Å². The molecule has 0 aliphatic carbocycles. The quantitative estimate of drug-likeness (QED) is 0.392. The fourth-order valence-corrected chi connectivity index (χ4v) is 3.58. The van der Waals surface area contributed by atoms with Crippen molar-refractivity contribution in [2.24, 2.45) is 0 Å². The molecule has 0 heterocycles. The van der Waals surface area contributed by atoms with E-state index in [1.165, 1.54) is 20.6 Å². The summed E-state index contributed by atoms with van der Waals surface area (Å²) in [5.74, 6) is -1.17. The van der Waals surface area contributed by atoms with Crippen molar-refractivity contribution in [1.82, 2.24) is 0 Å². The maximum absolute atomic E-state index is 11.1. The Morgan fingerprint density at radius 2 is 1.26 bits per heavy atom. The number of carbonyl (C=O) groups excluding carboxylic acids is 1. The molecule has 0 amide bonds. The molecule has 1 unspecified atom stereocenters. The first-order valence-corrected chi connectivity index (χ1v) is 9.04. The molecule has 3 nitrogen and oxygen atoms in total. The van der Waals surface area contributed by atoms with E-state index >= 15 is 0 Å². The molecule has 0 aromatic heterocycles. The summed E-state index contributed by atoms with van der Waals surface area (Å²) in [7, 11) is 1.48. The summed E-state index contributed by atoms with van der Waals surface area (Å²) in [4.78, 5) is 11.1. The first-order chi connectivity index (χ1) is 12.6. The van der Waals surface area contributed by atoms with E-state index in [0.29, 0.717) is 12.8 Å². The van der Waals surface area contributed by atoms with Crippen LogP contribution in [0.25, 0.3) is 0 Å². The van der Waals surface area contributed by atoms with E-state index in [4.69, 9.17) is 4.52 Å². The van der Waals surface area contributed by atoms with Crippen LogP contribution in [0, 0.1) is 0 Å². The smallest absolute Gasteiger partial charge is 0.545 e. The minimum Gasteiger partial charge on any atom is -0.545 e. The van der Waals surface area contributed by atoms with Crippen molar-refractivity contribution >= 4 is 15.4 Å². The predicted molar refractivity (Wildman–Crippen MR) is 105 cm³/mol. The van der Waals surface area contributed by atoms with Crippen molar-refractivity contribution in [1.29, 1.82) is 0 Å². The van der Waals surface area contributed by atoms with Crippen LogP contribution in [0.15, 0.2) is 84.9 Å². The Morgan fingerprint density at radius 1 is 0.815 bits per heavy atom. The molecule has 142 valence electrons. The molecule has 0 spiro atoms. The molecule has 0 radical (unpaired) electrons. The summed E-state index contributed by atoms with van der Waals surface area (Å²) in [6, 6.07) is 27.2. The van der Waals surface area contributed by atoms with E-state index in [2.05, 4.69) is 24.3 Å². The fraction of sp³-hybridized carbons (Fsp3) is 0.136. The van der Waals surface area contributed by atoms with Crippen LogP contribution in [0.1, 0.15) is 27.0 Å². The van der Waals surface area contributed by atoms with E-state index in [1.807, 2.05) is 48.5 Å². The number of benzene rings is 3. The molecule has 0 N–H and O–H groups in total. The summed E-state index contributed by atoms with van der Waals surface area (Å²) < 4.78 is 6.10. The zero-order chi connectivity index (χ0) is 18.4. The summed E-state index contributed by atoms with van der Waals surface area (Å²) in [5.41, 5.74) is 2.87. The molecule has 5 heteroatoms. The van der Waals surface area contributed by atoms with Gasteiger partial charge in [-0.15, -0.1) is 0 Å². The molecular formula is C22H21AgO3P+. The van der Waals surface area contributed by atoms with Crippen molar-refractivity contribution in [2.45, 2.75) is 18.4 Å². The predicted octanol–water partition coefficient (Wildman–Crippen LogP) is 3.27. The molecule has 0 fully saturated rings. The summed E-state index contributed by atoms with van der Waals surface area (Å²) in [6.45, 7) is 0. The second-order valence-electron chi connectivity index (χ2n) is 6.33. The molecule has 0 saturated heterocycles. The van der Waals surface area contributed by atoms with Gasteiger partial charge in [0.2, 0.25) is 0 Å². The third kappa shape index (κ3) is 5.38. The molecule has 1 atom stereocenters. The van der Waals surface area contributed by atoms with Crippen LogP contribution in [0.5, 0.6) is 0 Å². The van der Waals surface area contributed by atoms with E-state index in [-0.39, 0.29) is 27.9 Å². The molecule has 0 bridgehead atoms. The van der Waals surface area contributed by atoms with Crippen LogP contribution in [-0.4, -0.2) is 5.97 Å². The van der Waals surface area contributed by atoms with Crippen molar-refractivity contribution < 1.29 is 36.8 Å². The van der Waals surface area contributed by atoms with E-state index in [9.17, 15) is 9.90 Å². The number of hydrogen-bond donors (Lipinski definition) is 0. The van der Waals surface area contributed by atoms with Crippen LogP contribution >= 0.6 is 9.47 Å². The maximum Gasteiger partial charge on any atom is 1.00 e. The Balaban J connectivity index is 0.00000261. The van der Waals surface area contributed by atoms with Crippen LogP contribution in [0.4, 0.5) is 0 Å². The largest absolute Gasteiger partial charge is 1.00 e. The van der Waals surface area contributed by atoms with Gasteiger partial charge < -0.3 is 9.90 Å². The Hall–Kier alpha value is -1.74. The third-order valence-electron chi connectivity index (χ3n) is 4.59. The SMILES string of the molecule is O=C([O-])c1ccc(C(Cc2ccccc2)(Cc2ccccc2)O[PH3+])cc1.[Ag+]. The van der Waals surface area contributed by atoms with E-state index in [0.717, 1.165) is 5.56 Å². The minimum absolute atomic E-state index is 0. The molecule has 3 rings (SSSR count). The van der Waals surface area contributed by atoms with Crippen molar-refractivity contribution in [3.05, 3.63) is 107 Å². The number of carboxylic acid groups (broad SMARTS) is 1. The van der Waals surface area contributed by atoms with Gasteiger partial charge in [-0.3, -0.25) is 0 Å².